The Balaban J connectivity index is 1.35. The van der Waals surface area contributed by atoms with Gasteiger partial charge in [-0.2, -0.15) is 17.0 Å². The Hall–Kier alpha value is -2.36. The molecule has 1 N–H and O–H groups in total. The van der Waals surface area contributed by atoms with E-state index in [4.69, 9.17) is 0 Å². The van der Waals surface area contributed by atoms with Crippen molar-refractivity contribution in [2.75, 3.05) is 31.2 Å². The van der Waals surface area contributed by atoms with E-state index in [1.807, 2.05) is 31.4 Å². The molecule has 4 rings (SSSR count). The van der Waals surface area contributed by atoms with E-state index in [1.54, 1.807) is 0 Å². The number of nitriles is 1. The van der Waals surface area contributed by atoms with Gasteiger partial charge in [-0.25, -0.2) is 8.78 Å². The number of piperidine rings is 1. The van der Waals surface area contributed by atoms with Gasteiger partial charge in [0.25, 0.3) is 0 Å². The van der Waals surface area contributed by atoms with Gasteiger partial charge in [-0.15, -0.1) is 0 Å². The van der Waals surface area contributed by atoms with Gasteiger partial charge in [0.1, 0.15) is 11.6 Å². The summed E-state index contributed by atoms with van der Waals surface area (Å²) in [5, 5.41) is 12.5. The number of nitrogens with zero attached hydrogens (tertiary/aromatic N) is 2. The number of fused-ring (bicyclic) bond motifs is 2. The number of benzene rings is 2. The summed E-state index contributed by atoms with van der Waals surface area (Å²) in [7, 11) is 0. The van der Waals surface area contributed by atoms with Crippen LogP contribution in [0.25, 0.3) is 0 Å². The van der Waals surface area contributed by atoms with E-state index < -0.39 is 11.6 Å². The van der Waals surface area contributed by atoms with Crippen molar-refractivity contribution in [2.24, 2.45) is 0 Å². The molecule has 1 fully saturated rings. The van der Waals surface area contributed by atoms with E-state index in [9.17, 15) is 14.0 Å². The highest BCUT2D eigenvalue weighted by Gasteiger charge is 2.44. The van der Waals surface area contributed by atoms with Gasteiger partial charge in [-0.05, 0) is 100.0 Å². The summed E-state index contributed by atoms with van der Waals surface area (Å²) in [5.41, 5.74) is 4.73. The number of allylic oxidation sites excluding steroid dienone is 1. The zero-order valence-corrected chi connectivity index (χ0v) is 19.5. The van der Waals surface area contributed by atoms with Crippen molar-refractivity contribution in [1.82, 2.24) is 4.90 Å². The van der Waals surface area contributed by atoms with Crippen LogP contribution in [0.3, 0.4) is 0 Å². The molecule has 32 heavy (non-hydrogen) atoms. The quantitative estimate of drug-likeness (QED) is 0.568. The average Bonchev–Trinajstić information content (AvgIpc) is 3.05. The smallest absolute Gasteiger partial charge is 0.130 e. The topological polar surface area (TPSA) is 39.1 Å². The monoisotopic (exact) mass is 453 g/mol. The molecule has 3 nitrogen and oxygen atoms in total. The van der Waals surface area contributed by atoms with Crippen LogP contribution in [0, 0.1) is 23.0 Å². The second-order valence-electron chi connectivity index (χ2n) is 8.85. The molecule has 0 radical (unpaired) electrons. The van der Waals surface area contributed by atoms with E-state index in [0.29, 0.717) is 12.0 Å². The molecule has 1 unspecified atom stereocenters. The fraction of sp³-hybridized carbons (Fsp3) is 0.423. The normalized spacial score (nSPS) is 18.3. The minimum atomic E-state index is -0.440. The Morgan fingerprint density at radius 2 is 1.91 bits per heavy atom. The second kappa shape index (κ2) is 9.25. The molecular weight excluding hydrogens is 424 g/mol. The maximum Gasteiger partial charge on any atom is 0.130 e. The fourth-order valence-corrected chi connectivity index (χ4v) is 5.55. The van der Waals surface area contributed by atoms with Gasteiger partial charge in [0, 0.05) is 27.6 Å². The van der Waals surface area contributed by atoms with Gasteiger partial charge in [0.05, 0.1) is 11.6 Å². The Morgan fingerprint density at radius 1 is 1.22 bits per heavy atom. The SMILES string of the molecule is C=C1Nc2ccc(C#N)cc2C12CCN(CCCc1cc(F)c(C(C)SC)c(F)c1)CC2. The maximum atomic E-state index is 14.4. The molecule has 1 spiro atoms. The van der Waals surface area contributed by atoms with Crippen molar-refractivity contribution in [1.29, 1.82) is 5.26 Å². The Labute approximate surface area is 193 Å². The summed E-state index contributed by atoms with van der Waals surface area (Å²) in [4.78, 5) is 2.42. The highest BCUT2D eigenvalue weighted by atomic mass is 32.2. The molecule has 0 amide bonds. The van der Waals surface area contributed by atoms with Crippen molar-refractivity contribution in [3.63, 3.8) is 0 Å². The number of aryl methyl sites for hydroxylation is 1. The molecule has 168 valence electrons. The van der Waals surface area contributed by atoms with Crippen molar-refractivity contribution in [2.45, 2.75) is 43.3 Å². The number of thioether (sulfide) groups is 1. The van der Waals surface area contributed by atoms with E-state index in [0.717, 1.165) is 55.8 Å². The zero-order chi connectivity index (χ0) is 22.9. The summed E-state index contributed by atoms with van der Waals surface area (Å²) in [6.45, 7) is 8.87. The lowest BCUT2D eigenvalue weighted by atomic mass is 9.72. The molecule has 2 aromatic rings. The zero-order valence-electron chi connectivity index (χ0n) is 18.7. The van der Waals surface area contributed by atoms with Crippen LogP contribution < -0.4 is 5.32 Å². The van der Waals surface area contributed by atoms with E-state index in [2.05, 4.69) is 22.9 Å². The van der Waals surface area contributed by atoms with Gasteiger partial charge in [-0.1, -0.05) is 6.58 Å². The second-order valence-corrected chi connectivity index (χ2v) is 10.0. The third-order valence-electron chi connectivity index (χ3n) is 7.08. The summed E-state index contributed by atoms with van der Waals surface area (Å²) in [5.74, 6) is -0.881. The van der Waals surface area contributed by atoms with Crippen LogP contribution >= 0.6 is 11.8 Å². The highest BCUT2D eigenvalue weighted by Crippen LogP contribution is 2.49. The number of halogens is 2. The van der Waals surface area contributed by atoms with Gasteiger partial charge in [-0.3, -0.25) is 0 Å². The van der Waals surface area contributed by atoms with Gasteiger partial charge in [0.2, 0.25) is 0 Å². The van der Waals surface area contributed by atoms with Crippen LogP contribution in [-0.2, 0) is 11.8 Å². The first-order chi connectivity index (χ1) is 15.4. The first-order valence-corrected chi connectivity index (χ1v) is 12.4. The molecule has 0 aromatic heterocycles. The molecule has 0 aliphatic carbocycles. The minimum absolute atomic E-state index is 0.116. The van der Waals surface area contributed by atoms with Crippen LogP contribution in [0.4, 0.5) is 14.5 Å². The fourth-order valence-electron chi connectivity index (χ4n) is 5.09. The lowest BCUT2D eigenvalue weighted by molar-refractivity contribution is 0.179. The summed E-state index contributed by atoms with van der Waals surface area (Å²) >= 11 is 1.44. The number of rotatable bonds is 6. The van der Waals surface area contributed by atoms with Gasteiger partial charge >= 0.3 is 0 Å². The van der Waals surface area contributed by atoms with Crippen molar-refractivity contribution in [3.8, 4) is 6.07 Å². The summed E-state index contributed by atoms with van der Waals surface area (Å²) in [6, 6.07) is 11.0. The molecule has 1 atom stereocenters. The molecule has 0 saturated carbocycles. The molecule has 0 bridgehead atoms. The lowest BCUT2D eigenvalue weighted by Crippen LogP contribution is -2.43. The van der Waals surface area contributed by atoms with E-state index in [1.165, 1.54) is 29.5 Å². The number of hydrogen-bond donors (Lipinski definition) is 1. The first-order valence-electron chi connectivity index (χ1n) is 11.1. The van der Waals surface area contributed by atoms with Crippen LogP contribution in [0.2, 0.25) is 0 Å². The van der Waals surface area contributed by atoms with Crippen LogP contribution in [0.5, 0.6) is 0 Å². The van der Waals surface area contributed by atoms with Crippen LogP contribution in [0.1, 0.15) is 53.7 Å². The highest BCUT2D eigenvalue weighted by molar-refractivity contribution is 7.98. The molecule has 2 aliphatic heterocycles. The Morgan fingerprint density at radius 3 is 2.53 bits per heavy atom. The van der Waals surface area contributed by atoms with E-state index >= 15 is 0 Å². The van der Waals surface area contributed by atoms with E-state index in [-0.39, 0.29) is 16.2 Å². The third kappa shape index (κ3) is 4.16. The van der Waals surface area contributed by atoms with Crippen LogP contribution in [0.15, 0.2) is 42.6 Å². The van der Waals surface area contributed by atoms with Crippen molar-refractivity contribution in [3.05, 3.63) is 76.5 Å². The standard InChI is InChI=1S/C26H29F2N3S/c1-17(32-3)25-22(27)14-19(15-23(25)28)5-4-10-31-11-8-26(9-12-31)18(2)30-24-7-6-20(16-29)13-21(24)26/h6-7,13-15,17,30H,2,4-5,8-12H2,1,3H3. The molecule has 2 aromatic carbocycles. The summed E-state index contributed by atoms with van der Waals surface area (Å²) in [6.07, 6.45) is 5.28. The number of hydrogen-bond acceptors (Lipinski definition) is 4. The molecule has 2 aliphatic rings. The maximum absolute atomic E-state index is 14.4. The number of anilines is 1. The summed E-state index contributed by atoms with van der Waals surface area (Å²) < 4.78 is 28.8. The largest absolute Gasteiger partial charge is 0.358 e. The molecule has 1 saturated heterocycles. The Bertz CT molecular complexity index is 1040. The van der Waals surface area contributed by atoms with Crippen molar-refractivity contribution >= 4 is 17.4 Å². The molecule has 6 heteroatoms. The predicted octanol–water partition coefficient (Wildman–Crippen LogP) is 6.17. The van der Waals surface area contributed by atoms with Crippen molar-refractivity contribution < 1.29 is 8.78 Å². The molecule has 2 heterocycles. The number of nitrogens with one attached hydrogen (secondary N) is 1. The number of likely N-dealkylation sites (tertiary alicyclic amines) is 1. The van der Waals surface area contributed by atoms with Gasteiger partial charge < -0.3 is 10.2 Å². The average molecular weight is 454 g/mol. The molecular formula is C26H29F2N3S. The third-order valence-corrected chi connectivity index (χ3v) is 8.02. The predicted molar refractivity (Wildman–Crippen MR) is 128 cm³/mol. The minimum Gasteiger partial charge on any atom is -0.358 e. The Kier molecular flexibility index (Phi) is 6.60. The van der Waals surface area contributed by atoms with Crippen LogP contribution in [-0.4, -0.2) is 30.8 Å². The lowest BCUT2D eigenvalue weighted by Gasteiger charge is -2.40. The first kappa shape index (κ1) is 22.8. The van der Waals surface area contributed by atoms with Gasteiger partial charge in [0.15, 0.2) is 0 Å².